The second-order valence-electron chi connectivity index (χ2n) is 7.98. The number of urea groups is 1. The third kappa shape index (κ3) is 7.00. The summed E-state index contributed by atoms with van der Waals surface area (Å²) < 4.78 is 67.8. The quantitative estimate of drug-likeness (QED) is 0.0957. The van der Waals surface area contributed by atoms with Gasteiger partial charge in [-0.3, -0.25) is 5.41 Å². The van der Waals surface area contributed by atoms with Crippen molar-refractivity contribution >= 4 is 62.4 Å². The number of amides is 2. The van der Waals surface area contributed by atoms with E-state index in [-0.39, 0.29) is 21.3 Å². The number of hydrogen-bond donors (Lipinski definition) is 4. The Morgan fingerprint density at radius 3 is 2.42 bits per heavy atom. The minimum Gasteiger partial charge on any atom is -0.385 e. The predicted octanol–water partition coefficient (Wildman–Crippen LogP) is 4.32. The van der Waals surface area contributed by atoms with E-state index < -0.39 is 40.5 Å². The molecule has 10 nitrogen and oxygen atoms in total. The summed E-state index contributed by atoms with van der Waals surface area (Å²) >= 11 is 2.29. The Kier molecular flexibility index (Phi) is 9.27. The molecule has 3 aromatic rings. The number of benzene rings is 2. The molecule has 1 heterocycles. The molecule has 0 saturated carbocycles. The molecule has 212 valence electrons. The maximum absolute atomic E-state index is 13.5. The largest absolute Gasteiger partial charge is 0.491 e. The number of carbonyl (C=O) groups is 3. The zero-order valence-corrected chi connectivity index (χ0v) is 23.2. The molecule has 1 aromatic heterocycles. The lowest BCUT2D eigenvalue weighted by Gasteiger charge is -2.15. The van der Waals surface area contributed by atoms with Crippen LogP contribution in [-0.4, -0.2) is 51.2 Å². The summed E-state index contributed by atoms with van der Waals surface area (Å²) in [4.78, 5) is 34.9. The third-order valence-electron chi connectivity index (χ3n) is 5.19. The number of anilines is 1. The summed E-state index contributed by atoms with van der Waals surface area (Å²) in [5, 5.41) is 12.1. The van der Waals surface area contributed by atoms with E-state index in [0.717, 1.165) is 11.3 Å². The van der Waals surface area contributed by atoms with Gasteiger partial charge in [-0.1, -0.05) is 24.3 Å². The second kappa shape index (κ2) is 12.1. The number of nitrogen functional groups attached to an aromatic ring is 1. The first kappa shape index (κ1) is 30.6. The minimum atomic E-state index is -5.37. The molecule has 16 heteroatoms. The molecule has 0 bridgehead atoms. The highest BCUT2D eigenvalue weighted by Gasteiger charge is 2.42. The van der Waals surface area contributed by atoms with Gasteiger partial charge in [0.1, 0.15) is 12.4 Å². The number of hydrogen-bond acceptors (Lipinski definition) is 9. The van der Waals surface area contributed by atoms with Crippen molar-refractivity contribution in [1.29, 1.82) is 5.41 Å². The molecule has 0 aliphatic heterocycles. The fraction of sp³-hybridized carbons (Fsp3) is 0.167. The number of thioether (sulfide) groups is 1. The lowest BCUT2D eigenvalue weighted by Crippen LogP contribution is -2.37. The summed E-state index contributed by atoms with van der Waals surface area (Å²) in [5.74, 6) is -4.59. The van der Waals surface area contributed by atoms with Crippen molar-refractivity contribution in [3.63, 3.8) is 0 Å². The number of ether oxygens (including phenoxy) is 1. The Morgan fingerprint density at radius 2 is 1.80 bits per heavy atom. The molecule has 2 aromatic carbocycles. The van der Waals surface area contributed by atoms with E-state index in [0.29, 0.717) is 25.8 Å². The van der Waals surface area contributed by atoms with E-state index in [1.807, 2.05) is 5.32 Å². The molecule has 40 heavy (non-hydrogen) atoms. The van der Waals surface area contributed by atoms with Crippen molar-refractivity contribution in [3.8, 4) is 11.1 Å². The van der Waals surface area contributed by atoms with Gasteiger partial charge in [-0.25, -0.2) is 22.8 Å². The SMILES string of the molecule is CSc1sc(C(=N)N)cc1S(=O)(=O)c1cccc(-c2c(C)cccc2NC(=O)NCC(=O)OC(=O)C(F)(F)F)c1. The van der Waals surface area contributed by atoms with Crippen LogP contribution >= 0.6 is 23.1 Å². The van der Waals surface area contributed by atoms with Gasteiger partial charge in [-0.05, 0) is 48.6 Å². The Balaban J connectivity index is 1.88. The van der Waals surface area contributed by atoms with Gasteiger partial charge in [0.25, 0.3) is 0 Å². The highest BCUT2D eigenvalue weighted by molar-refractivity contribution is 8.01. The summed E-state index contributed by atoms with van der Waals surface area (Å²) in [6.07, 6.45) is -3.66. The van der Waals surface area contributed by atoms with Gasteiger partial charge in [0.15, 0.2) is 0 Å². The number of rotatable bonds is 8. The van der Waals surface area contributed by atoms with Crippen molar-refractivity contribution in [2.45, 2.75) is 27.1 Å². The van der Waals surface area contributed by atoms with E-state index in [1.165, 1.54) is 42.1 Å². The fourth-order valence-corrected chi connectivity index (χ4v) is 7.34. The van der Waals surface area contributed by atoms with Crippen LogP contribution in [0.3, 0.4) is 0 Å². The van der Waals surface area contributed by atoms with Crippen LogP contribution in [0.1, 0.15) is 10.4 Å². The predicted molar refractivity (Wildman–Crippen MR) is 143 cm³/mol. The summed E-state index contributed by atoms with van der Waals surface area (Å²) in [5.41, 5.74) is 7.24. The van der Waals surface area contributed by atoms with Crippen molar-refractivity contribution in [3.05, 3.63) is 59.0 Å². The number of amidine groups is 1. The van der Waals surface area contributed by atoms with Gasteiger partial charge in [0.2, 0.25) is 9.84 Å². The monoisotopic (exact) mass is 614 g/mol. The molecular weight excluding hydrogens is 593 g/mol. The van der Waals surface area contributed by atoms with E-state index in [2.05, 4.69) is 10.1 Å². The number of alkyl halides is 3. The molecule has 0 saturated heterocycles. The lowest BCUT2D eigenvalue weighted by molar-refractivity contribution is -0.201. The van der Waals surface area contributed by atoms with Crippen LogP contribution in [0.25, 0.3) is 11.1 Å². The van der Waals surface area contributed by atoms with E-state index in [4.69, 9.17) is 11.1 Å². The van der Waals surface area contributed by atoms with Gasteiger partial charge in [0.05, 0.1) is 24.6 Å². The van der Waals surface area contributed by atoms with Crippen LogP contribution in [0.2, 0.25) is 0 Å². The van der Waals surface area contributed by atoms with E-state index in [1.54, 1.807) is 31.4 Å². The Labute approximate surface area is 234 Å². The zero-order valence-electron chi connectivity index (χ0n) is 20.7. The average Bonchev–Trinajstić information content (AvgIpc) is 3.33. The van der Waals surface area contributed by atoms with E-state index in [9.17, 15) is 36.0 Å². The maximum atomic E-state index is 13.5. The molecule has 2 amide bonds. The number of aryl methyl sites for hydroxylation is 1. The number of carbonyl (C=O) groups excluding carboxylic acids is 3. The van der Waals surface area contributed by atoms with Crippen LogP contribution in [-0.2, 0) is 24.2 Å². The van der Waals surface area contributed by atoms with Crippen LogP contribution in [0.15, 0.2) is 62.5 Å². The molecule has 0 atom stereocenters. The molecule has 0 aliphatic carbocycles. The van der Waals surface area contributed by atoms with Gasteiger partial charge >= 0.3 is 24.1 Å². The van der Waals surface area contributed by atoms with Gasteiger partial charge in [-0.2, -0.15) is 13.2 Å². The van der Waals surface area contributed by atoms with Crippen LogP contribution in [0.4, 0.5) is 23.7 Å². The number of halogens is 3. The second-order valence-corrected chi connectivity index (χ2v) is 12.0. The van der Waals surface area contributed by atoms with Crippen molar-refractivity contribution in [1.82, 2.24) is 5.32 Å². The number of thiophene rings is 1. The smallest absolute Gasteiger partial charge is 0.385 e. The molecule has 5 N–H and O–H groups in total. The highest BCUT2D eigenvalue weighted by atomic mass is 32.2. The first-order valence-electron chi connectivity index (χ1n) is 11.0. The normalized spacial score (nSPS) is 11.5. The van der Waals surface area contributed by atoms with Crippen molar-refractivity contribution in [2.75, 3.05) is 18.1 Å². The van der Waals surface area contributed by atoms with E-state index >= 15 is 0 Å². The number of sulfone groups is 1. The van der Waals surface area contributed by atoms with Crippen LogP contribution in [0.5, 0.6) is 0 Å². The van der Waals surface area contributed by atoms with Gasteiger partial charge in [0, 0.05) is 5.56 Å². The standard InChI is InChI=1S/C24H21F3N4O6S3/c1-12-5-3-8-15(31-23(34)30-11-18(32)37-22(33)24(25,26)27)19(12)13-6-4-7-14(9-13)40(35,36)17-10-16(20(28)29)39-21(17)38-2/h3-10H,11H2,1-2H3,(H3,28,29)(H2,30,31,34). The fourth-order valence-electron chi connectivity index (χ4n) is 3.44. The number of nitrogens with two attached hydrogens (primary N) is 1. The topological polar surface area (TPSA) is 169 Å². The lowest BCUT2D eigenvalue weighted by atomic mass is 9.98. The third-order valence-corrected chi connectivity index (χ3v) is 9.53. The van der Waals surface area contributed by atoms with Gasteiger partial charge < -0.3 is 21.1 Å². The maximum Gasteiger partial charge on any atom is 0.491 e. The molecule has 0 fully saturated rings. The summed E-state index contributed by atoms with van der Waals surface area (Å²) in [7, 11) is -4.03. The molecule has 0 aliphatic rings. The molecule has 3 rings (SSSR count). The summed E-state index contributed by atoms with van der Waals surface area (Å²) in [6, 6.07) is 11.1. The van der Waals surface area contributed by atoms with Gasteiger partial charge in [-0.15, -0.1) is 23.1 Å². The first-order valence-corrected chi connectivity index (χ1v) is 14.5. The van der Waals surface area contributed by atoms with Crippen molar-refractivity contribution in [2.24, 2.45) is 5.73 Å². The summed E-state index contributed by atoms with van der Waals surface area (Å²) in [6.45, 7) is 0.687. The molecule has 0 radical (unpaired) electrons. The first-order chi connectivity index (χ1) is 18.6. The van der Waals surface area contributed by atoms with Crippen LogP contribution in [0, 0.1) is 12.3 Å². The molecule has 0 unspecified atom stereocenters. The Bertz CT molecular complexity index is 1600. The zero-order chi connectivity index (χ0) is 29.8. The van der Waals surface area contributed by atoms with Crippen molar-refractivity contribution < 1.29 is 40.7 Å². The minimum absolute atomic E-state index is 0.00532. The average molecular weight is 615 g/mol. The Morgan fingerprint density at radius 1 is 1.12 bits per heavy atom. The highest BCUT2D eigenvalue weighted by Crippen LogP contribution is 2.38. The Hall–Kier alpha value is -3.89. The number of nitrogens with one attached hydrogen (secondary N) is 3. The number of esters is 2. The molecule has 0 spiro atoms. The molecular formula is C24H21F3N4O6S3. The van der Waals surface area contributed by atoms with Crippen LogP contribution < -0.4 is 16.4 Å².